The molecule has 1 unspecified atom stereocenters. The molecule has 4 rings (SSSR count). The molecule has 2 heterocycles. The molecule has 9 heteroatoms. The van der Waals surface area contributed by atoms with E-state index in [1.807, 2.05) is 24.3 Å². The third-order valence-electron chi connectivity index (χ3n) is 4.92. The molecular weight excluding hydrogens is 417 g/mol. The van der Waals surface area contributed by atoms with E-state index in [4.69, 9.17) is 5.26 Å². The number of aliphatic imine (C=N–C) groups is 2. The summed E-state index contributed by atoms with van der Waals surface area (Å²) in [5, 5.41) is 12.3. The lowest BCUT2D eigenvalue weighted by Crippen LogP contribution is -2.44. The molecule has 2 amide bonds. The normalized spacial score (nSPS) is 16.7. The van der Waals surface area contributed by atoms with Crippen molar-refractivity contribution >= 4 is 40.3 Å². The Balaban J connectivity index is 1.44. The van der Waals surface area contributed by atoms with Gasteiger partial charge in [0.25, 0.3) is 5.91 Å². The average molecular weight is 435 g/mol. The van der Waals surface area contributed by atoms with Gasteiger partial charge in [-0.25, -0.2) is 9.38 Å². The first kappa shape index (κ1) is 20.8. The number of hydrogen-bond donors (Lipinski definition) is 1. The summed E-state index contributed by atoms with van der Waals surface area (Å²) < 4.78 is 13.0. The topological polar surface area (TPSA) is 97.9 Å². The van der Waals surface area contributed by atoms with E-state index in [0.717, 1.165) is 11.1 Å². The fourth-order valence-electron chi connectivity index (χ4n) is 3.43. The first-order chi connectivity index (χ1) is 15.1. The summed E-state index contributed by atoms with van der Waals surface area (Å²) in [5.74, 6) is -0.188. The highest BCUT2D eigenvalue weighted by atomic mass is 32.2. The van der Waals surface area contributed by atoms with E-state index in [0.29, 0.717) is 16.7 Å². The standard InChI is InChI=1S/C22H18FN5O2S/c23-15-7-5-14(6-8-15)13-25-19(29)10-9-18-21(30)27-20-16-3-1-2-4-17(16)26-22(28(18)20)31-12-11-24/h1-8,18H,9-10,12-13H2,(H,25,29). The molecule has 0 saturated heterocycles. The van der Waals surface area contributed by atoms with E-state index in [1.54, 1.807) is 17.0 Å². The van der Waals surface area contributed by atoms with Gasteiger partial charge in [-0.15, -0.1) is 0 Å². The van der Waals surface area contributed by atoms with Crippen molar-refractivity contribution in [1.29, 1.82) is 5.26 Å². The van der Waals surface area contributed by atoms with Gasteiger partial charge in [0.05, 0.1) is 17.5 Å². The Morgan fingerprint density at radius 2 is 1.97 bits per heavy atom. The van der Waals surface area contributed by atoms with Gasteiger partial charge in [-0.3, -0.25) is 14.5 Å². The van der Waals surface area contributed by atoms with E-state index >= 15 is 0 Å². The molecule has 0 fully saturated rings. The fourth-order valence-corrected chi connectivity index (χ4v) is 4.14. The van der Waals surface area contributed by atoms with Crippen LogP contribution in [-0.2, 0) is 16.1 Å². The number of fused-ring (bicyclic) bond motifs is 3. The van der Waals surface area contributed by atoms with Crippen molar-refractivity contribution in [2.45, 2.75) is 25.4 Å². The number of amidine groups is 2. The van der Waals surface area contributed by atoms with Crippen molar-refractivity contribution in [2.75, 3.05) is 5.75 Å². The minimum Gasteiger partial charge on any atom is -0.352 e. The summed E-state index contributed by atoms with van der Waals surface area (Å²) in [6.07, 6.45) is 0.379. The van der Waals surface area contributed by atoms with Crippen LogP contribution in [0.2, 0.25) is 0 Å². The Labute approximate surface area is 182 Å². The molecule has 0 aromatic heterocycles. The largest absolute Gasteiger partial charge is 0.352 e. The maximum atomic E-state index is 13.0. The highest BCUT2D eigenvalue weighted by Crippen LogP contribution is 2.35. The lowest BCUT2D eigenvalue weighted by molar-refractivity contribution is -0.122. The zero-order valence-electron chi connectivity index (χ0n) is 16.4. The smallest absolute Gasteiger partial charge is 0.270 e. The van der Waals surface area contributed by atoms with Gasteiger partial charge in [0.1, 0.15) is 17.7 Å². The number of para-hydroxylation sites is 1. The minimum absolute atomic E-state index is 0.120. The molecule has 2 aliphatic rings. The predicted octanol–water partition coefficient (Wildman–Crippen LogP) is 3.14. The molecule has 0 radical (unpaired) electrons. The van der Waals surface area contributed by atoms with Crippen LogP contribution in [0.15, 0.2) is 58.5 Å². The molecule has 2 aromatic carbocycles. The number of hydrogen-bond acceptors (Lipinski definition) is 6. The van der Waals surface area contributed by atoms with Crippen molar-refractivity contribution in [3.63, 3.8) is 0 Å². The number of nitrogens with one attached hydrogen (secondary N) is 1. The van der Waals surface area contributed by atoms with Crippen LogP contribution in [-0.4, -0.2) is 39.5 Å². The molecule has 2 aliphatic heterocycles. The van der Waals surface area contributed by atoms with Crippen molar-refractivity contribution in [1.82, 2.24) is 10.2 Å². The number of halogens is 1. The Kier molecular flexibility index (Phi) is 6.09. The molecule has 0 bridgehead atoms. The van der Waals surface area contributed by atoms with Crippen molar-refractivity contribution in [3.8, 4) is 6.07 Å². The van der Waals surface area contributed by atoms with Gasteiger partial charge in [-0.1, -0.05) is 36.0 Å². The second kappa shape index (κ2) is 9.10. The Hall–Kier alpha value is -3.51. The third kappa shape index (κ3) is 4.49. The van der Waals surface area contributed by atoms with E-state index in [-0.39, 0.29) is 42.8 Å². The SMILES string of the molecule is N#CCSC1=Nc2ccccc2C2=NC(=O)C(CCC(=O)NCc3ccc(F)cc3)N12. The molecule has 0 saturated carbocycles. The van der Waals surface area contributed by atoms with Gasteiger partial charge in [-0.05, 0) is 36.2 Å². The number of benzene rings is 2. The van der Waals surface area contributed by atoms with Gasteiger partial charge in [0.15, 0.2) is 5.17 Å². The summed E-state index contributed by atoms with van der Waals surface area (Å²) in [7, 11) is 0. The summed E-state index contributed by atoms with van der Waals surface area (Å²) >= 11 is 1.24. The van der Waals surface area contributed by atoms with Crippen LogP contribution in [0.1, 0.15) is 24.0 Å². The van der Waals surface area contributed by atoms with E-state index in [2.05, 4.69) is 21.4 Å². The number of carbonyl (C=O) groups excluding carboxylic acids is 2. The van der Waals surface area contributed by atoms with Crippen LogP contribution < -0.4 is 5.32 Å². The van der Waals surface area contributed by atoms with Crippen LogP contribution in [0, 0.1) is 17.1 Å². The zero-order chi connectivity index (χ0) is 21.8. The van der Waals surface area contributed by atoms with Crippen LogP contribution in [0.5, 0.6) is 0 Å². The molecule has 156 valence electrons. The zero-order valence-corrected chi connectivity index (χ0v) is 17.2. The second-order valence-corrected chi connectivity index (χ2v) is 7.90. The van der Waals surface area contributed by atoms with Crippen molar-refractivity contribution in [2.24, 2.45) is 9.98 Å². The average Bonchev–Trinajstić information content (AvgIpc) is 3.12. The molecule has 7 nitrogen and oxygen atoms in total. The molecule has 0 aliphatic carbocycles. The van der Waals surface area contributed by atoms with Crippen LogP contribution >= 0.6 is 11.8 Å². The number of rotatable bonds is 6. The van der Waals surface area contributed by atoms with E-state index in [1.165, 1.54) is 23.9 Å². The van der Waals surface area contributed by atoms with Gasteiger partial charge >= 0.3 is 0 Å². The minimum atomic E-state index is -0.648. The highest BCUT2D eigenvalue weighted by Gasteiger charge is 2.41. The number of carbonyl (C=O) groups is 2. The summed E-state index contributed by atoms with van der Waals surface area (Å²) in [5.41, 5.74) is 2.23. The van der Waals surface area contributed by atoms with Crippen molar-refractivity contribution < 1.29 is 14.0 Å². The molecule has 1 N–H and O–H groups in total. The van der Waals surface area contributed by atoms with E-state index in [9.17, 15) is 14.0 Å². The quantitative estimate of drug-likeness (QED) is 0.752. The van der Waals surface area contributed by atoms with Crippen LogP contribution in [0.3, 0.4) is 0 Å². The Morgan fingerprint density at radius 3 is 2.74 bits per heavy atom. The predicted molar refractivity (Wildman–Crippen MR) is 116 cm³/mol. The number of amides is 2. The molecule has 2 aromatic rings. The number of nitrogens with zero attached hydrogens (tertiary/aromatic N) is 4. The molecular formula is C22H18FN5O2S. The molecule has 0 spiro atoms. The maximum absolute atomic E-state index is 13.0. The molecule has 1 atom stereocenters. The highest BCUT2D eigenvalue weighted by molar-refractivity contribution is 8.14. The van der Waals surface area contributed by atoms with Gasteiger partial charge in [0, 0.05) is 18.5 Å². The Morgan fingerprint density at radius 1 is 1.19 bits per heavy atom. The number of thioether (sulfide) groups is 1. The van der Waals surface area contributed by atoms with Crippen LogP contribution in [0.4, 0.5) is 10.1 Å². The van der Waals surface area contributed by atoms with Gasteiger partial charge in [0.2, 0.25) is 5.91 Å². The lowest BCUT2D eigenvalue weighted by Gasteiger charge is -2.30. The lowest BCUT2D eigenvalue weighted by atomic mass is 10.1. The van der Waals surface area contributed by atoms with Crippen molar-refractivity contribution in [3.05, 3.63) is 65.5 Å². The third-order valence-corrected chi connectivity index (χ3v) is 5.74. The Bertz CT molecular complexity index is 1120. The monoisotopic (exact) mass is 435 g/mol. The summed E-state index contributed by atoms with van der Waals surface area (Å²) in [6, 6.07) is 14.7. The summed E-state index contributed by atoms with van der Waals surface area (Å²) in [6.45, 7) is 0.279. The first-order valence-electron chi connectivity index (χ1n) is 9.67. The summed E-state index contributed by atoms with van der Waals surface area (Å²) in [4.78, 5) is 35.6. The van der Waals surface area contributed by atoms with Gasteiger partial charge in [-0.2, -0.15) is 10.3 Å². The maximum Gasteiger partial charge on any atom is 0.270 e. The second-order valence-electron chi connectivity index (χ2n) is 6.96. The first-order valence-corrected chi connectivity index (χ1v) is 10.7. The number of nitriles is 1. The fraction of sp³-hybridized carbons (Fsp3) is 0.227. The van der Waals surface area contributed by atoms with E-state index < -0.39 is 6.04 Å². The van der Waals surface area contributed by atoms with Crippen LogP contribution in [0.25, 0.3) is 0 Å². The van der Waals surface area contributed by atoms with Gasteiger partial charge < -0.3 is 5.32 Å². The molecule has 31 heavy (non-hydrogen) atoms.